The minimum absolute atomic E-state index is 0.0896. The van der Waals surface area contributed by atoms with Crippen molar-refractivity contribution in [1.82, 2.24) is 5.32 Å². The van der Waals surface area contributed by atoms with Crippen LogP contribution in [0.3, 0.4) is 0 Å². The fourth-order valence-electron chi connectivity index (χ4n) is 3.05. The fraction of sp³-hybridized carbons (Fsp3) is 0.381. The number of carbonyl (C=O) groups is 1. The van der Waals surface area contributed by atoms with Crippen LogP contribution in [0.15, 0.2) is 48.5 Å². The molecule has 6 nitrogen and oxygen atoms in total. The molecule has 0 saturated carbocycles. The minimum Gasteiger partial charge on any atom is -0.486 e. The summed E-state index contributed by atoms with van der Waals surface area (Å²) in [7, 11) is -3.71. The third-order valence-corrected chi connectivity index (χ3v) is 6.87. The second-order valence-electron chi connectivity index (χ2n) is 6.95. The first-order valence-electron chi connectivity index (χ1n) is 9.30. The van der Waals surface area contributed by atoms with Gasteiger partial charge in [0.1, 0.15) is 18.5 Å². The van der Waals surface area contributed by atoms with E-state index in [0.717, 1.165) is 5.56 Å². The highest BCUT2D eigenvalue weighted by atomic mass is 32.2. The van der Waals surface area contributed by atoms with E-state index in [0.29, 0.717) is 36.8 Å². The van der Waals surface area contributed by atoms with Crippen LogP contribution in [0.2, 0.25) is 0 Å². The lowest BCUT2D eigenvalue weighted by Crippen LogP contribution is -2.40. The first kappa shape index (κ1) is 20.2. The van der Waals surface area contributed by atoms with Crippen LogP contribution in [0.1, 0.15) is 30.9 Å². The Balaban J connectivity index is 1.64. The third kappa shape index (κ3) is 4.65. The molecule has 3 rings (SSSR count). The molecular formula is C21H25NO5S. The van der Waals surface area contributed by atoms with Gasteiger partial charge in [0.05, 0.1) is 5.75 Å². The highest BCUT2D eigenvalue weighted by molar-refractivity contribution is 7.92. The van der Waals surface area contributed by atoms with Gasteiger partial charge in [-0.3, -0.25) is 4.79 Å². The van der Waals surface area contributed by atoms with Gasteiger partial charge in [-0.05, 0) is 24.5 Å². The lowest BCUT2D eigenvalue weighted by atomic mass is 10.0. The number of hydrogen-bond acceptors (Lipinski definition) is 5. The van der Waals surface area contributed by atoms with E-state index in [2.05, 4.69) is 5.32 Å². The van der Waals surface area contributed by atoms with E-state index in [-0.39, 0.29) is 11.7 Å². The van der Waals surface area contributed by atoms with Crippen molar-refractivity contribution >= 4 is 15.7 Å². The van der Waals surface area contributed by atoms with Crippen LogP contribution < -0.4 is 14.8 Å². The number of ether oxygens (including phenoxy) is 2. The summed E-state index contributed by atoms with van der Waals surface area (Å²) in [6, 6.07) is 14.9. The predicted molar refractivity (Wildman–Crippen MR) is 107 cm³/mol. The average molecular weight is 404 g/mol. The Morgan fingerprint density at radius 2 is 1.75 bits per heavy atom. The van der Waals surface area contributed by atoms with E-state index in [1.807, 2.05) is 37.3 Å². The van der Waals surface area contributed by atoms with Crippen molar-refractivity contribution in [2.24, 2.45) is 0 Å². The summed E-state index contributed by atoms with van der Waals surface area (Å²) in [4.78, 5) is 12.5. The molecule has 150 valence electrons. The molecule has 1 amide bonds. The predicted octanol–water partition coefficient (Wildman–Crippen LogP) is 2.68. The van der Waals surface area contributed by atoms with Crippen molar-refractivity contribution in [3.63, 3.8) is 0 Å². The van der Waals surface area contributed by atoms with Crippen LogP contribution in [-0.4, -0.2) is 39.3 Å². The topological polar surface area (TPSA) is 81.7 Å². The maximum Gasteiger partial charge on any atom is 0.238 e. The molecule has 2 aromatic rings. The number of rotatable bonds is 7. The molecule has 1 N–H and O–H groups in total. The zero-order chi connectivity index (χ0) is 20.1. The highest BCUT2D eigenvalue weighted by Crippen LogP contribution is 2.35. The smallest absolute Gasteiger partial charge is 0.238 e. The second-order valence-corrected chi connectivity index (χ2v) is 9.27. The number of nitrogens with one attached hydrogen (secondary N) is 1. The second kappa shape index (κ2) is 8.65. The van der Waals surface area contributed by atoms with Gasteiger partial charge in [-0.1, -0.05) is 49.4 Å². The third-order valence-electron chi connectivity index (χ3n) is 4.86. The van der Waals surface area contributed by atoms with Crippen LogP contribution in [0, 0.1) is 0 Å². The molecule has 1 heterocycles. The quantitative estimate of drug-likeness (QED) is 0.769. The van der Waals surface area contributed by atoms with Gasteiger partial charge in [-0.15, -0.1) is 0 Å². The molecule has 2 aromatic carbocycles. The summed E-state index contributed by atoms with van der Waals surface area (Å²) in [6.45, 7) is 4.59. The molecule has 2 unspecified atom stereocenters. The molecule has 0 spiro atoms. The van der Waals surface area contributed by atoms with Crippen molar-refractivity contribution in [2.45, 2.75) is 30.8 Å². The highest BCUT2D eigenvalue weighted by Gasteiger charge is 2.30. The summed E-state index contributed by atoms with van der Waals surface area (Å²) >= 11 is 0. The van der Waals surface area contributed by atoms with E-state index >= 15 is 0 Å². The Morgan fingerprint density at radius 1 is 1.04 bits per heavy atom. The van der Waals surface area contributed by atoms with Gasteiger partial charge in [0.15, 0.2) is 21.3 Å². The molecule has 0 fully saturated rings. The molecule has 0 bridgehead atoms. The number of sulfone groups is 1. The Morgan fingerprint density at radius 3 is 2.50 bits per heavy atom. The molecule has 28 heavy (non-hydrogen) atoms. The molecule has 0 saturated heterocycles. The Labute approximate surface area is 165 Å². The summed E-state index contributed by atoms with van der Waals surface area (Å²) in [5, 5.41) is 1.60. The molecule has 0 radical (unpaired) electrons. The molecule has 0 aliphatic carbocycles. The molecule has 1 aliphatic heterocycles. The number of benzene rings is 2. The first-order chi connectivity index (χ1) is 13.4. The van der Waals surface area contributed by atoms with Gasteiger partial charge in [-0.25, -0.2) is 8.42 Å². The van der Waals surface area contributed by atoms with E-state index in [1.165, 1.54) is 6.92 Å². The van der Waals surface area contributed by atoms with Crippen molar-refractivity contribution in [3.05, 3.63) is 59.7 Å². The van der Waals surface area contributed by atoms with Crippen molar-refractivity contribution in [2.75, 3.05) is 19.8 Å². The number of carbonyl (C=O) groups excluding carboxylic acids is 1. The molecule has 1 aliphatic rings. The van der Waals surface area contributed by atoms with Crippen molar-refractivity contribution in [1.29, 1.82) is 0 Å². The molecule has 0 aromatic heterocycles. The van der Waals surface area contributed by atoms with Gasteiger partial charge >= 0.3 is 0 Å². The Kier molecular flexibility index (Phi) is 6.24. The Hall–Kier alpha value is -2.54. The van der Waals surface area contributed by atoms with Crippen LogP contribution >= 0.6 is 0 Å². The minimum atomic E-state index is -3.71. The van der Waals surface area contributed by atoms with Crippen molar-refractivity contribution < 1.29 is 22.7 Å². The van der Waals surface area contributed by atoms with E-state index in [4.69, 9.17) is 9.47 Å². The van der Waals surface area contributed by atoms with E-state index in [9.17, 15) is 13.2 Å². The Bertz CT molecular complexity index is 927. The lowest BCUT2D eigenvalue weighted by Gasteiger charge is -2.22. The van der Waals surface area contributed by atoms with Crippen LogP contribution in [-0.2, 0) is 20.4 Å². The standard InChI is InChI=1S/C21H25NO5S/c1-15(17-7-4-3-5-8-17)13-22-21(23)16(2)28(24,25)14-18-9-6-10-19-20(18)27-12-11-26-19/h3-10,15-16H,11-14H2,1-2H3,(H,22,23). The SMILES string of the molecule is CC(CNC(=O)C(C)S(=O)(=O)Cc1cccc2c1OCCO2)c1ccccc1. The number of hydrogen-bond donors (Lipinski definition) is 1. The largest absolute Gasteiger partial charge is 0.486 e. The number of amides is 1. The van der Waals surface area contributed by atoms with Crippen LogP contribution in [0.5, 0.6) is 11.5 Å². The van der Waals surface area contributed by atoms with Gasteiger partial charge in [0.2, 0.25) is 5.91 Å². The van der Waals surface area contributed by atoms with E-state index in [1.54, 1.807) is 18.2 Å². The summed E-state index contributed by atoms with van der Waals surface area (Å²) < 4.78 is 36.6. The zero-order valence-corrected chi connectivity index (χ0v) is 16.9. The van der Waals surface area contributed by atoms with Crippen LogP contribution in [0.25, 0.3) is 0 Å². The average Bonchev–Trinajstić information content (AvgIpc) is 2.72. The summed E-state index contributed by atoms with van der Waals surface area (Å²) in [5.41, 5.74) is 1.60. The fourth-order valence-corrected chi connectivity index (χ4v) is 4.37. The molecule has 2 atom stereocenters. The number of fused-ring (bicyclic) bond motifs is 1. The molecular weight excluding hydrogens is 378 g/mol. The van der Waals surface area contributed by atoms with Gasteiger partial charge in [-0.2, -0.15) is 0 Å². The van der Waals surface area contributed by atoms with Gasteiger partial charge in [0, 0.05) is 12.1 Å². The summed E-state index contributed by atoms with van der Waals surface area (Å²) in [5.74, 6) is 0.300. The van der Waals surface area contributed by atoms with Crippen LogP contribution in [0.4, 0.5) is 0 Å². The van der Waals surface area contributed by atoms with Gasteiger partial charge in [0.25, 0.3) is 0 Å². The number of para-hydroxylation sites is 1. The maximum atomic E-state index is 12.8. The monoisotopic (exact) mass is 403 g/mol. The van der Waals surface area contributed by atoms with E-state index < -0.39 is 21.0 Å². The van der Waals surface area contributed by atoms with Crippen molar-refractivity contribution in [3.8, 4) is 11.5 Å². The lowest BCUT2D eigenvalue weighted by molar-refractivity contribution is -0.120. The first-order valence-corrected chi connectivity index (χ1v) is 11.0. The maximum absolute atomic E-state index is 12.8. The normalized spacial score (nSPS) is 15.5. The summed E-state index contributed by atoms with van der Waals surface area (Å²) in [6.07, 6.45) is 0. The zero-order valence-electron chi connectivity index (χ0n) is 16.1. The molecule has 7 heteroatoms. The van der Waals surface area contributed by atoms with Gasteiger partial charge < -0.3 is 14.8 Å².